The van der Waals surface area contributed by atoms with Gasteiger partial charge >= 0.3 is 0 Å². The van der Waals surface area contributed by atoms with Crippen LogP contribution in [0.5, 0.6) is 5.75 Å². The predicted molar refractivity (Wildman–Crippen MR) is 120 cm³/mol. The molecular formula is C23H32N2O4S. The van der Waals surface area contributed by atoms with E-state index in [4.69, 9.17) is 4.74 Å². The Bertz CT molecular complexity index is 917. The maximum absolute atomic E-state index is 11.4. The Morgan fingerprint density at radius 2 is 1.70 bits per heavy atom. The van der Waals surface area contributed by atoms with Crippen LogP contribution in [0.3, 0.4) is 0 Å². The van der Waals surface area contributed by atoms with Gasteiger partial charge in [-0.05, 0) is 80.6 Å². The number of sulfonamides is 1. The molecule has 30 heavy (non-hydrogen) atoms. The summed E-state index contributed by atoms with van der Waals surface area (Å²) in [5.41, 5.74) is 1.68. The van der Waals surface area contributed by atoms with Crippen LogP contribution in [0.15, 0.2) is 48.5 Å². The molecule has 1 unspecified atom stereocenters. The number of anilines is 1. The Morgan fingerprint density at radius 3 is 2.23 bits per heavy atom. The molecule has 0 aromatic heterocycles. The first-order valence-electron chi connectivity index (χ1n) is 10.3. The molecule has 164 valence electrons. The van der Waals surface area contributed by atoms with Gasteiger partial charge in [0, 0.05) is 12.2 Å². The lowest BCUT2D eigenvalue weighted by Gasteiger charge is -2.40. The number of likely N-dealkylation sites (tertiary alicyclic amines) is 1. The molecule has 0 spiro atoms. The molecule has 0 saturated carbocycles. The maximum Gasteiger partial charge on any atom is 0.229 e. The normalized spacial score (nSPS) is 18.0. The van der Waals surface area contributed by atoms with Gasteiger partial charge in [-0.3, -0.25) is 4.72 Å². The second-order valence-electron chi connectivity index (χ2n) is 8.31. The van der Waals surface area contributed by atoms with Crippen LogP contribution in [0.2, 0.25) is 0 Å². The molecule has 0 radical (unpaired) electrons. The summed E-state index contributed by atoms with van der Waals surface area (Å²) in [6.07, 6.45) is 3.98. The average molecular weight is 433 g/mol. The van der Waals surface area contributed by atoms with Crippen LogP contribution in [-0.2, 0) is 22.0 Å². The minimum absolute atomic E-state index is 0.170. The highest BCUT2D eigenvalue weighted by atomic mass is 32.2. The number of aliphatic hydroxyl groups is 1. The molecule has 2 aromatic carbocycles. The van der Waals surface area contributed by atoms with E-state index in [0.29, 0.717) is 5.69 Å². The Balaban J connectivity index is 1.52. The van der Waals surface area contributed by atoms with Gasteiger partial charge in [0.25, 0.3) is 0 Å². The number of nitrogens with zero attached hydrogens (tertiary/aromatic N) is 1. The summed E-state index contributed by atoms with van der Waals surface area (Å²) in [7, 11) is -1.63. The number of ether oxygens (including phenoxy) is 1. The van der Waals surface area contributed by atoms with E-state index in [1.807, 2.05) is 31.2 Å². The Morgan fingerprint density at radius 1 is 1.10 bits per heavy atom. The second kappa shape index (κ2) is 9.37. The molecule has 1 aliphatic rings. The van der Waals surface area contributed by atoms with Crippen molar-refractivity contribution in [3.63, 3.8) is 0 Å². The van der Waals surface area contributed by atoms with Crippen molar-refractivity contribution in [2.75, 3.05) is 37.7 Å². The molecule has 2 N–H and O–H groups in total. The van der Waals surface area contributed by atoms with Crippen molar-refractivity contribution in [1.29, 1.82) is 0 Å². The third kappa shape index (κ3) is 5.97. The third-order valence-corrected chi connectivity index (χ3v) is 6.64. The first-order chi connectivity index (χ1) is 14.2. The summed E-state index contributed by atoms with van der Waals surface area (Å²) in [5.74, 6) is 1.05. The van der Waals surface area contributed by atoms with Crippen LogP contribution < -0.4 is 9.46 Å². The van der Waals surface area contributed by atoms with Crippen LogP contribution in [0.1, 0.15) is 30.9 Å². The minimum atomic E-state index is -3.31. The molecule has 1 heterocycles. The van der Waals surface area contributed by atoms with E-state index in [-0.39, 0.29) is 5.92 Å². The third-order valence-electron chi connectivity index (χ3n) is 6.03. The molecule has 1 fully saturated rings. The molecule has 1 aliphatic heterocycles. The van der Waals surface area contributed by atoms with Crippen molar-refractivity contribution < 1.29 is 18.3 Å². The lowest BCUT2D eigenvalue weighted by atomic mass is 9.77. The fourth-order valence-electron chi connectivity index (χ4n) is 4.12. The predicted octanol–water partition coefficient (Wildman–Crippen LogP) is 3.23. The summed E-state index contributed by atoms with van der Waals surface area (Å²) >= 11 is 0. The van der Waals surface area contributed by atoms with Gasteiger partial charge in [0.15, 0.2) is 0 Å². The molecule has 0 amide bonds. The van der Waals surface area contributed by atoms with E-state index in [0.717, 1.165) is 56.5 Å². The Hall–Kier alpha value is -2.09. The smallest absolute Gasteiger partial charge is 0.229 e. The molecule has 1 saturated heterocycles. The first-order valence-corrected chi connectivity index (χ1v) is 12.2. The number of nitrogens with one attached hydrogen (secondary N) is 1. The lowest BCUT2D eigenvalue weighted by Crippen LogP contribution is -2.42. The summed E-state index contributed by atoms with van der Waals surface area (Å²) < 4.78 is 30.4. The van der Waals surface area contributed by atoms with Crippen LogP contribution >= 0.6 is 0 Å². The molecule has 0 bridgehead atoms. The van der Waals surface area contributed by atoms with Crippen molar-refractivity contribution in [2.45, 2.75) is 31.8 Å². The van der Waals surface area contributed by atoms with Crippen molar-refractivity contribution in [2.24, 2.45) is 5.92 Å². The minimum Gasteiger partial charge on any atom is -0.497 e. The van der Waals surface area contributed by atoms with E-state index >= 15 is 0 Å². The summed E-state index contributed by atoms with van der Waals surface area (Å²) in [5, 5.41) is 11.2. The molecule has 3 rings (SSSR count). The van der Waals surface area contributed by atoms with E-state index in [9.17, 15) is 13.5 Å². The van der Waals surface area contributed by atoms with Crippen LogP contribution in [0, 0.1) is 5.92 Å². The SMILES string of the molecule is COc1ccc(CCN2CCC(C(C)(O)c3ccc(NS(C)(=O)=O)cc3)CC2)cc1. The van der Waals surface area contributed by atoms with Gasteiger partial charge in [-0.25, -0.2) is 8.42 Å². The maximum atomic E-state index is 11.4. The zero-order chi connectivity index (χ0) is 21.8. The molecule has 0 aliphatic carbocycles. The lowest BCUT2D eigenvalue weighted by molar-refractivity contribution is -0.0328. The number of piperidine rings is 1. The highest BCUT2D eigenvalue weighted by Crippen LogP contribution is 2.36. The molecule has 1 atom stereocenters. The van der Waals surface area contributed by atoms with E-state index in [1.165, 1.54) is 5.56 Å². The highest BCUT2D eigenvalue weighted by Gasteiger charge is 2.35. The van der Waals surface area contributed by atoms with Gasteiger partial charge in [-0.2, -0.15) is 0 Å². The van der Waals surface area contributed by atoms with Gasteiger partial charge in [0.2, 0.25) is 10.0 Å². The summed E-state index contributed by atoms with van der Waals surface area (Å²) in [6, 6.07) is 15.2. The van der Waals surface area contributed by atoms with Crippen molar-refractivity contribution in [1.82, 2.24) is 4.90 Å². The monoisotopic (exact) mass is 432 g/mol. The van der Waals surface area contributed by atoms with Crippen molar-refractivity contribution >= 4 is 15.7 Å². The van der Waals surface area contributed by atoms with Gasteiger partial charge in [-0.15, -0.1) is 0 Å². The molecule has 7 heteroatoms. The summed E-state index contributed by atoms with van der Waals surface area (Å²) in [4.78, 5) is 2.45. The van der Waals surface area contributed by atoms with Gasteiger partial charge in [0.1, 0.15) is 5.75 Å². The van der Waals surface area contributed by atoms with Crippen LogP contribution in [-0.4, -0.2) is 51.4 Å². The topological polar surface area (TPSA) is 78.9 Å². The molecule has 2 aromatic rings. The van der Waals surface area contributed by atoms with Crippen molar-refractivity contribution in [3.05, 3.63) is 59.7 Å². The number of methoxy groups -OCH3 is 1. The molecule has 6 nitrogen and oxygen atoms in total. The van der Waals surface area contributed by atoms with E-state index < -0.39 is 15.6 Å². The fraction of sp³-hybridized carbons (Fsp3) is 0.478. The van der Waals surface area contributed by atoms with E-state index in [2.05, 4.69) is 21.8 Å². The quantitative estimate of drug-likeness (QED) is 0.670. The van der Waals surface area contributed by atoms with Gasteiger partial charge < -0.3 is 14.7 Å². The first kappa shape index (κ1) is 22.6. The Labute approximate surface area is 179 Å². The largest absolute Gasteiger partial charge is 0.497 e. The zero-order valence-electron chi connectivity index (χ0n) is 18.0. The van der Waals surface area contributed by atoms with E-state index in [1.54, 1.807) is 19.2 Å². The number of rotatable bonds is 8. The average Bonchev–Trinajstić information content (AvgIpc) is 2.72. The highest BCUT2D eigenvalue weighted by molar-refractivity contribution is 7.92. The van der Waals surface area contributed by atoms with Crippen LogP contribution in [0.4, 0.5) is 5.69 Å². The number of benzene rings is 2. The standard InChI is InChI=1S/C23H32N2O4S/c1-23(26,19-6-8-21(9-7-19)24-30(3,27)28)20-13-16-25(17-14-20)15-12-18-4-10-22(29-2)11-5-18/h4-11,20,24,26H,12-17H2,1-3H3. The van der Waals surface area contributed by atoms with Crippen molar-refractivity contribution in [3.8, 4) is 5.75 Å². The van der Waals surface area contributed by atoms with Crippen LogP contribution in [0.25, 0.3) is 0 Å². The fourth-order valence-corrected chi connectivity index (χ4v) is 4.69. The second-order valence-corrected chi connectivity index (χ2v) is 10.1. The number of hydrogen-bond acceptors (Lipinski definition) is 5. The Kier molecular flexibility index (Phi) is 7.06. The number of hydrogen-bond donors (Lipinski definition) is 2. The summed E-state index contributed by atoms with van der Waals surface area (Å²) in [6.45, 7) is 4.80. The molecular weight excluding hydrogens is 400 g/mol. The van der Waals surface area contributed by atoms with Gasteiger partial charge in [-0.1, -0.05) is 24.3 Å². The zero-order valence-corrected chi connectivity index (χ0v) is 18.8. The van der Waals surface area contributed by atoms with Gasteiger partial charge in [0.05, 0.1) is 19.0 Å².